The number of methoxy groups -OCH3 is 1. The highest BCUT2D eigenvalue weighted by atomic mass is 16.5. The van der Waals surface area contributed by atoms with Gasteiger partial charge in [-0.2, -0.15) is 0 Å². The highest BCUT2D eigenvalue weighted by Crippen LogP contribution is 2.27. The molecule has 2 amide bonds. The molecule has 3 N–H and O–H groups in total. The summed E-state index contributed by atoms with van der Waals surface area (Å²) in [7, 11) is 1.37. The van der Waals surface area contributed by atoms with Crippen molar-refractivity contribution in [3.8, 4) is 0 Å². The number of fused-ring (bicyclic) bond motifs is 1. The third-order valence-electron chi connectivity index (χ3n) is 5.56. The Kier molecular flexibility index (Phi) is 6.55. The summed E-state index contributed by atoms with van der Waals surface area (Å²) in [6.07, 6.45) is 2.22. The molecule has 0 radical (unpaired) electrons. The zero-order valence-electron chi connectivity index (χ0n) is 18.0. The fraction of sp³-hybridized carbons (Fsp3) is 0.545. The van der Waals surface area contributed by atoms with E-state index in [0.717, 1.165) is 31.4 Å². The van der Waals surface area contributed by atoms with Crippen molar-refractivity contribution in [1.29, 1.82) is 0 Å². The Morgan fingerprint density at radius 2 is 1.93 bits per heavy atom. The molecule has 0 bridgehead atoms. The molecule has 162 valence electrons. The molecule has 0 saturated carbocycles. The maximum Gasteiger partial charge on any atom is 0.337 e. The second-order valence-corrected chi connectivity index (χ2v) is 8.96. The second kappa shape index (κ2) is 8.95. The molecule has 1 saturated heterocycles. The molecule has 8 heteroatoms. The number of rotatable bonds is 4. The van der Waals surface area contributed by atoms with Crippen LogP contribution >= 0.6 is 0 Å². The molecular weight excluding hydrogens is 384 g/mol. The van der Waals surface area contributed by atoms with E-state index in [2.05, 4.69) is 20.9 Å². The summed E-state index contributed by atoms with van der Waals surface area (Å²) in [5.41, 5.74) is 1.11. The molecular formula is C22H30N4O4. The lowest BCUT2D eigenvalue weighted by Gasteiger charge is -2.37. The number of guanidine groups is 1. The summed E-state index contributed by atoms with van der Waals surface area (Å²) in [6.45, 7) is 6.19. The number of piperidine rings is 1. The summed E-state index contributed by atoms with van der Waals surface area (Å²) in [6, 6.07) is 7.42. The molecule has 2 aliphatic heterocycles. The maximum absolute atomic E-state index is 12.6. The van der Waals surface area contributed by atoms with Crippen LogP contribution in [0.5, 0.6) is 0 Å². The first-order chi connectivity index (χ1) is 14.2. The van der Waals surface area contributed by atoms with E-state index >= 15 is 0 Å². The lowest BCUT2D eigenvalue weighted by Crippen LogP contribution is -2.59. The predicted molar refractivity (Wildman–Crippen MR) is 113 cm³/mol. The number of aryl methyl sites for hydroxylation is 1. The molecule has 0 aliphatic carbocycles. The van der Waals surface area contributed by atoms with E-state index in [1.165, 1.54) is 7.11 Å². The van der Waals surface area contributed by atoms with Crippen LogP contribution in [0.2, 0.25) is 0 Å². The molecule has 30 heavy (non-hydrogen) atoms. The van der Waals surface area contributed by atoms with Gasteiger partial charge in [-0.1, -0.05) is 32.9 Å². The van der Waals surface area contributed by atoms with E-state index in [1.54, 1.807) is 12.1 Å². The molecule has 0 spiro atoms. The van der Waals surface area contributed by atoms with Crippen molar-refractivity contribution in [2.75, 3.05) is 13.7 Å². The quantitative estimate of drug-likeness (QED) is 0.649. The van der Waals surface area contributed by atoms with Crippen LogP contribution < -0.4 is 16.0 Å². The Hall–Kier alpha value is -2.74. The van der Waals surface area contributed by atoms with Crippen LogP contribution in [0, 0.1) is 17.3 Å². The van der Waals surface area contributed by atoms with Gasteiger partial charge in [0.1, 0.15) is 6.17 Å². The number of hydrogen-bond acceptors (Lipinski definition) is 6. The molecule has 2 heterocycles. The number of carbonyl (C=O) groups is 3. The summed E-state index contributed by atoms with van der Waals surface area (Å²) in [5.74, 6) is -0.325. The van der Waals surface area contributed by atoms with Gasteiger partial charge in [0.25, 0.3) is 0 Å². The van der Waals surface area contributed by atoms with Gasteiger partial charge in [0.05, 0.1) is 18.6 Å². The van der Waals surface area contributed by atoms with E-state index in [9.17, 15) is 14.4 Å². The zero-order chi connectivity index (χ0) is 21.9. The number of esters is 1. The van der Waals surface area contributed by atoms with E-state index in [4.69, 9.17) is 4.74 Å². The van der Waals surface area contributed by atoms with Gasteiger partial charge >= 0.3 is 5.97 Å². The molecule has 2 aliphatic rings. The normalized spacial score (nSPS) is 23.7. The van der Waals surface area contributed by atoms with E-state index in [0.29, 0.717) is 11.5 Å². The van der Waals surface area contributed by atoms with Crippen molar-refractivity contribution >= 4 is 23.7 Å². The molecule has 8 nitrogen and oxygen atoms in total. The van der Waals surface area contributed by atoms with Crippen molar-refractivity contribution < 1.29 is 19.1 Å². The van der Waals surface area contributed by atoms with Gasteiger partial charge < -0.3 is 4.74 Å². The monoisotopic (exact) mass is 414 g/mol. The molecule has 1 aromatic rings. The SMILES string of the molecule is COC(=O)c1ccc(CC[C@@H]2CNC3N=C(NC(=O)C(C)(C)C)NC(=O)C3C2)cc1. The second-order valence-electron chi connectivity index (χ2n) is 8.96. The minimum Gasteiger partial charge on any atom is -0.465 e. The highest BCUT2D eigenvalue weighted by Gasteiger charge is 2.39. The van der Waals surface area contributed by atoms with Crippen LogP contribution in [0.25, 0.3) is 0 Å². The lowest BCUT2D eigenvalue weighted by atomic mass is 9.83. The number of benzene rings is 1. The highest BCUT2D eigenvalue weighted by molar-refractivity contribution is 6.07. The van der Waals surface area contributed by atoms with Crippen LogP contribution in [-0.4, -0.2) is 43.6 Å². The zero-order valence-corrected chi connectivity index (χ0v) is 18.0. The third kappa shape index (κ3) is 5.24. The van der Waals surface area contributed by atoms with Crippen molar-refractivity contribution in [3.63, 3.8) is 0 Å². The van der Waals surface area contributed by atoms with Crippen molar-refractivity contribution in [2.24, 2.45) is 22.2 Å². The maximum atomic E-state index is 12.6. The van der Waals surface area contributed by atoms with Crippen molar-refractivity contribution in [3.05, 3.63) is 35.4 Å². The number of amides is 2. The van der Waals surface area contributed by atoms with Gasteiger partial charge in [-0.3, -0.25) is 25.5 Å². The summed E-state index contributed by atoms with van der Waals surface area (Å²) >= 11 is 0. The Morgan fingerprint density at radius 1 is 1.23 bits per heavy atom. The van der Waals surface area contributed by atoms with Crippen LogP contribution in [0.15, 0.2) is 29.3 Å². The van der Waals surface area contributed by atoms with E-state index in [1.807, 2.05) is 32.9 Å². The lowest BCUT2D eigenvalue weighted by molar-refractivity contribution is -0.127. The van der Waals surface area contributed by atoms with Crippen LogP contribution in [0.1, 0.15) is 49.5 Å². The van der Waals surface area contributed by atoms with Crippen LogP contribution in [0.4, 0.5) is 0 Å². The number of nitrogens with zero attached hydrogens (tertiary/aromatic N) is 1. The van der Waals surface area contributed by atoms with Crippen molar-refractivity contribution in [1.82, 2.24) is 16.0 Å². The first-order valence-electron chi connectivity index (χ1n) is 10.3. The summed E-state index contributed by atoms with van der Waals surface area (Å²) < 4.78 is 4.72. The first-order valence-corrected chi connectivity index (χ1v) is 10.3. The number of ether oxygens (including phenoxy) is 1. The molecule has 1 aromatic carbocycles. The van der Waals surface area contributed by atoms with Crippen molar-refractivity contribution in [2.45, 2.75) is 46.2 Å². The fourth-order valence-corrected chi connectivity index (χ4v) is 3.64. The smallest absolute Gasteiger partial charge is 0.337 e. The first kappa shape index (κ1) is 22.0. The molecule has 3 rings (SSSR count). The van der Waals surface area contributed by atoms with Crippen LogP contribution in [-0.2, 0) is 20.7 Å². The van der Waals surface area contributed by atoms with Gasteiger partial charge in [-0.05, 0) is 49.4 Å². The number of hydrogen-bond donors (Lipinski definition) is 3. The van der Waals surface area contributed by atoms with Crippen LogP contribution in [0.3, 0.4) is 0 Å². The molecule has 1 fully saturated rings. The van der Waals surface area contributed by atoms with E-state index in [-0.39, 0.29) is 35.8 Å². The van der Waals surface area contributed by atoms with Gasteiger partial charge in [0.15, 0.2) is 0 Å². The summed E-state index contributed by atoms with van der Waals surface area (Å²) in [5, 5.41) is 8.78. The minimum atomic E-state index is -0.565. The molecule has 3 atom stereocenters. The van der Waals surface area contributed by atoms with Gasteiger partial charge in [0.2, 0.25) is 17.8 Å². The molecule has 0 aromatic heterocycles. The average molecular weight is 415 g/mol. The topological polar surface area (TPSA) is 109 Å². The number of nitrogens with one attached hydrogen (secondary N) is 3. The molecule has 2 unspecified atom stereocenters. The van der Waals surface area contributed by atoms with Gasteiger partial charge in [-0.25, -0.2) is 9.79 Å². The number of aliphatic imine (C=N–C) groups is 1. The third-order valence-corrected chi connectivity index (χ3v) is 5.56. The Bertz CT molecular complexity index is 842. The fourth-order valence-electron chi connectivity index (χ4n) is 3.64. The largest absolute Gasteiger partial charge is 0.465 e. The standard InChI is InChI=1S/C22H30N4O4/c1-22(2,3)20(29)26-21-24-17-16(18(27)25-21)11-14(12-23-17)6-5-13-7-9-15(10-8-13)19(28)30-4/h7-10,14,16-17,23H,5-6,11-12H2,1-4H3,(H2,24,25,26,27,29)/t14-,16?,17?/m0/s1. The predicted octanol–water partition coefficient (Wildman–Crippen LogP) is 1.61. The average Bonchev–Trinajstić information content (AvgIpc) is 2.71. The Morgan fingerprint density at radius 3 is 2.57 bits per heavy atom. The minimum absolute atomic E-state index is 0.112. The van der Waals surface area contributed by atoms with Gasteiger partial charge in [0, 0.05) is 5.41 Å². The summed E-state index contributed by atoms with van der Waals surface area (Å²) in [4.78, 5) is 40.8. The Labute approximate surface area is 176 Å². The Balaban J connectivity index is 1.54. The van der Waals surface area contributed by atoms with E-state index < -0.39 is 5.41 Å². The van der Waals surface area contributed by atoms with Gasteiger partial charge in [-0.15, -0.1) is 0 Å². The number of carbonyl (C=O) groups excluding carboxylic acids is 3.